The van der Waals surface area contributed by atoms with E-state index in [1.165, 1.54) is 0 Å². The summed E-state index contributed by atoms with van der Waals surface area (Å²) in [4.78, 5) is 14.1. The lowest BCUT2D eigenvalue weighted by Crippen LogP contribution is -2.48. The Hall–Kier alpha value is -1.16. The highest BCUT2D eigenvalue weighted by atomic mass is 16.1. The van der Waals surface area contributed by atoms with Crippen LogP contribution in [0.4, 0.5) is 0 Å². The first-order valence-electron chi connectivity index (χ1n) is 5.66. The van der Waals surface area contributed by atoms with Crippen LogP contribution in [0.5, 0.6) is 0 Å². The molecular weight excluding hydrogens is 202 g/mol. The summed E-state index contributed by atoms with van der Waals surface area (Å²) in [6, 6.07) is 1.97. The van der Waals surface area contributed by atoms with Crippen molar-refractivity contribution in [3.8, 4) is 0 Å². The SMILES string of the molecule is CN1CC(n2ncc(C(C)(C)C)cc2=O)C1. The molecule has 0 radical (unpaired) electrons. The maximum absolute atomic E-state index is 11.9. The monoisotopic (exact) mass is 221 g/mol. The topological polar surface area (TPSA) is 38.1 Å². The maximum Gasteiger partial charge on any atom is 0.267 e. The van der Waals surface area contributed by atoms with E-state index >= 15 is 0 Å². The fraction of sp³-hybridized carbons (Fsp3) is 0.667. The highest BCUT2D eigenvalue weighted by Crippen LogP contribution is 2.21. The summed E-state index contributed by atoms with van der Waals surface area (Å²) in [5, 5.41) is 4.28. The number of likely N-dealkylation sites (tertiary alicyclic amines) is 1. The Labute approximate surface area is 95.9 Å². The summed E-state index contributed by atoms with van der Waals surface area (Å²) in [6.45, 7) is 8.10. The van der Waals surface area contributed by atoms with Gasteiger partial charge in [-0.05, 0) is 18.0 Å². The highest BCUT2D eigenvalue weighted by Gasteiger charge is 2.27. The van der Waals surface area contributed by atoms with Crippen LogP contribution in [-0.2, 0) is 5.41 Å². The number of aromatic nitrogens is 2. The Kier molecular flexibility index (Phi) is 2.62. The number of likely N-dealkylation sites (N-methyl/N-ethyl adjacent to an activating group) is 1. The van der Waals surface area contributed by atoms with Crippen molar-refractivity contribution in [2.75, 3.05) is 20.1 Å². The second kappa shape index (κ2) is 3.70. The molecule has 0 aliphatic carbocycles. The summed E-state index contributed by atoms with van der Waals surface area (Å²) >= 11 is 0. The third-order valence-electron chi connectivity index (χ3n) is 3.08. The van der Waals surface area contributed by atoms with Gasteiger partial charge in [0.25, 0.3) is 5.56 Å². The molecule has 0 saturated carbocycles. The first-order chi connectivity index (χ1) is 7.38. The third kappa shape index (κ3) is 2.02. The van der Waals surface area contributed by atoms with Crippen LogP contribution in [0.1, 0.15) is 32.4 Å². The predicted octanol–water partition coefficient (Wildman–Crippen LogP) is 1.03. The first kappa shape index (κ1) is 11.3. The number of rotatable bonds is 1. The van der Waals surface area contributed by atoms with Crippen LogP contribution in [0.15, 0.2) is 17.1 Å². The zero-order valence-corrected chi connectivity index (χ0v) is 10.4. The van der Waals surface area contributed by atoms with E-state index < -0.39 is 0 Å². The Bertz CT molecular complexity index is 438. The zero-order valence-electron chi connectivity index (χ0n) is 10.4. The van der Waals surface area contributed by atoms with Crippen molar-refractivity contribution in [2.45, 2.75) is 32.2 Å². The molecule has 0 spiro atoms. The largest absolute Gasteiger partial charge is 0.302 e. The molecule has 16 heavy (non-hydrogen) atoms. The van der Waals surface area contributed by atoms with Crippen LogP contribution in [0.2, 0.25) is 0 Å². The molecule has 4 heteroatoms. The molecule has 0 aromatic carbocycles. The minimum Gasteiger partial charge on any atom is -0.302 e. The van der Waals surface area contributed by atoms with E-state index in [-0.39, 0.29) is 17.0 Å². The highest BCUT2D eigenvalue weighted by molar-refractivity contribution is 5.16. The lowest BCUT2D eigenvalue weighted by Gasteiger charge is -2.36. The van der Waals surface area contributed by atoms with Crippen molar-refractivity contribution < 1.29 is 0 Å². The van der Waals surface area contributed by atoms with Crippen molar-refractivity contribution in [3.05, 3.63) is 28.2 Å². The summed E-state index contributed by atoms with van der Waals surface area (Å²) in [7, 11) is 2.05. The van der Waals surface area contributed by atoms with Gasteiger partial charge in [-0.1, -0.05) is 20.8 Å². The molecule has 0 amide bonds. The molecule has 2 heterocycles. The summed E-state index contributed by atoms with van der Waals surface area (Å²) < 4.78 is 1.61. The Morgan fingerprint density at radius 1 is 1.38 bits per heavy atom. The van der Waals surface area contributed by atoms with Gasteiger partial charge in [0, 0.05) is 19.2 Å². The van der Waals surface area contributed by atoms with Gasteiger partial charge < -0.3 is 4.90 Å². The average molecular weight is 221 g/mol. The Morgan fingerprint density at radius 3 is 2.44 bits per heavy atom. The van der Waals surface area contributed by atoms with Gasteiger partial charge in [-0.25, -0.2) is 4.68 Å². The van der Waals surface area contributed by atoms with Crippen molar-refractivity contribution >= 4 is 0 Å². The van der Waals surface area contributed by atoms with Crippen LogP contribution in [-0.4, -0.2) is 34.8 Å². The van der Waals surface area contributed by atoms with Crippen molar-refractivity contribution in [2.24, 2.45) is 0 Å². The van der Waals surface area contributed by atoms with Crippen LogP contribution >= 0.6 is 0 Å². The second-order valence-electron chi connectivity index (χ2n) is 5.65. The van der Waals surface area contributed by atoms with Gasteiger partial charge >= 0.3 is 0 Å². The fourth-order valence-electron chi connectivity index (χ4n) is 1.92. The molecule has 0 N–H and O–H groups in total. The first-order valence-corrected chi connectivity index (χ1v) is 5.66. The van der Waals surface area contributed by atoms with Gasteiger partial charge in [0.05, 0.1) is 12.2 Å². The minimum atomic E-state index is -0.0122. The predicted molar refractivity (Wildman–Crippen MR) is 63.7 cm³/mol. The quantitative estimate of drug-likeness (QED) is 0.711. The molecule has 1 aromatic rings. The Morgan fingerprint density at radius 2 is 2.00 bits per heavy atom. The number of hydrogen-bond donors (Lipinski definition) is 0. The molecule has 1 aromatic heterocycles. The smallest absolute Gasteiger partial charge is 0.267 e. The minimum absolute atomic E-state index is 0.0122. The molecule has 88 valence electrons. The molecule has 2 rings (SSSR count). The maximum atomic E-state index is 11.9. The number of nitrogens with zero attached hydrogens (tertiary/aromatic N) is 3. The van der Waals surface area contributed by atoms with E-state index in [0.29, 0.717) is 0 Å². The molecule has 1 aliphatic heterocycles. The molecule has 0 atom stereocenters. The summed E-state index contributed by atoms with van der Waals surface area (Å²) in [5.74, 6) is 0. The molecule has 1 aliphatic rings. The van der Waals surface area contributed by atoms with Crippen LogP contribution in [0, 0.1) is 0 Å². The van der Waals surface area contributed by atoms with Crippen LogP contribution in [0.3, 0.4) is 0 Å². The summed E-state index contributed by atoms with van der Waals surface area (Å²) in [6.07, 6.45) is 1.82. The molecular formula is C12H19N3O. The lowest BCUT2D eigenvalue weighted by molar-refractivity contribution is 0.126. The standard InChI is InChI=1S/C12H19N3O/c1-12(2,3)9-5-11(16)15(13-6-9)10-7-14(4)8-10/h5-6,10H,7-8H2,1-4H3. The number of hydrogen-bond acceptors (Lipinski definition) is 3. The van der Waals surface area contributed by atoms with Gasteiger partial charge in [0.15, 0.2) is 0 Å². The van der Waals surface area contributed by atoms with E-state index in [0.717, 1.165) is 18.7 Å². The molecule has 1 saturated heterocycles. The molecule has 4 nitrogen and oxygen atoms in total. The van der Waals surface area contributed by atoms with Crippen molar-refractivity contribution in [1.29, 1.82) is 0 Å². The molecule has 1 fully saturated rings. The van der Waals surface area contributed by atoms with E-state index in [1.807, 2.05) is 13.2 Å². The van der Waals surface area contributed by atoms with E-state index in [4.69, 9.17) is 0 Å². The van der Waals surface area contributed by atoms with E-state index in [1.54, 1.807) is 10.7 Å². The fourth-order valence-corrected chi connectivity index (χ4v) is 1.92. The van der Waals surface area contributed by atoms with Gasteiger partial charge in [-0.3, -0.25) is 4.79 Å². The summed E-state index contributed by atoms with van der Waals surface area (Å²) in [5.41, 5.74) is 1.01. The third-order valence-corrected chi connectivity index (χ3v) is 3.08. The molecule has 0 bridgehead atoms. The van der Waals surface area contributed by atoms with E-state index in [9.17, 15) is 4.79 Å². The van der Waals surface area contributed by atoms with Gasteiger partial charge in [-0.2, -0.15) is 5.10 Å². The van der Waals surface area contributed by atoms with Crippen molar-refractivity contribution in [1.82, 2.24) is 14.7 Å². The van der Waals surface area contributed by atoms with E-state index in [2.05, 4.69) is 30.8 Å². The van der Waals surface area contributed by atoms with Crippen molar-refractivity contribution in [3.63, 3.8) is 0 Å². The van der Waals surface area contributed by atoms with Gasteiger partial charge in [0.2, 0.25) is 0 Å². The van der Waals surface area contributed by atoms with Crippen LogP contribution < -0.4 is 5.56 Å². The van der Waals surface area contributed by atoms with Gasteiger partial charge in [0.1, 0.15) is 0 Å². The second-order valence-corrected chi connectivity index (χ2v) is 5.65. The zero-order chi connectivity index (χ0) is 11.9. The average Bonchev–Trinajstić information content (AvgIpc) is 2.12. The lowest BCUT2D eigenvalue weighted by atomic mass is 9.89. The van der Waals surface area contributed by atoms with Gasteiger partial charge in [-0.15, -0.1) is 0 Å². The van der Waals surface area contributed by atoms with Crippen LogP contribution in [0.25, 0.3) is 0 Å². The normalized spacial score (nSPS) is 18.5. The Balaban J connectivity index is 2.28. The molecule has 0 unspecified atom stereocenters.